The van der Waals surface area contributed by atoms with Crippen molar-refractivity contribution in [2.45, 2.75) is 33.1 Å². The van der Waals surface area contributed by atoms with Crippen molar-refractivity contribution < 1.29 is 19.2 Å². The fourth-order valence-electron chi connectivity index (χ4n) is 2.37. The van der Waals surface area contributed by atoms with Crippen molar-refractivity contribution in [3.63, 3.8) is 0 Å². The second kappa shape index (κ2) is 7.99. The molecule has 27 heavy (non-hydrogen) atoms. The molecule has 1 N–H and O–H groups in total. The maximum absolute atomic E-state index is 12.1. The van der Waals surface area contributed by atoms with Crippen molar-refractivity contribution in [1.29, 1.82) is 0 Å². The number of nitrogens with zero attached hydrogens (tertiary/aromatic N) is 1. The molecular formula is C20H22N2O5. The second-order valence-electron chi connectivity index (χ2n) is 7.21. The van der Waals surface area contributed by atoms with Crippen molar-refractivity contribution in [2.75, 3.05) is 11.9 Å². The standard InChI is InChI=1S/C20H22N2O5/c1-13-5-10-16(22(25)26)11-17(13)21-18(23)12-27-19(24)14-6-8-15(9-7-14)20(2,3)4/h5-11H,12H2,1-4H3,(H,21,23). The van der Waals surface area contributed by atoms with Gasteiger partial charge in [0.2, 0.25) is 0 Å². The van der Waals surface area contributed by atoms with Gasteiger partial charge in [0.1, 0.15) is 0 Å². The largest absolute Gasteiger partial charge is 0.452 e. The van der Waals surface area contributed by atoms with Crippen LogP contribution in [0.15, 0.2) is 42.5 Å². The van der Waals surface area contributed by atoms with Gasteiger partial charge in [-0.3, -0.25) is 14.9 Å². The highest BCUT2D eigenvalue weighted by molar-refractivity contribution is 5.96. The number of rotatable bonds is 5. The van der Waals surface area contributed by atoms with Crippen molar-refractivity contribution in [3.8, 4) is 0 Å². The van der Waals surface area contributed by atoms with Crippen LogP contribution in [-0.2, 0) is 14.9 Å². The molecule has 2 rings (SSSR count). The number of carbonyl (C=O) groups excluding carboxylic acids is 2. The lowest BCUT2D eigenvalue weighted by Gasteiger charge is -2.18. The number of anilines is 1. The summed E-state index contributed by atoms with van der Waals surface area (Å²) in [5.74, 6) is -1.18. The van der Waals surface area contributed by atoms with Gasteiger partial charge < -0.3 is 10.1 Å². The van der Waals surface area contributed by atoms with Crippen LogP contribution >= 0.6 is 0 Å². The zero-order valence-electron chi connectivity index (χ0n) is 15.7. The van der Waals surface area contributed by atoms with E-state index < -0.39 is 23.4 Å². The van der Waals surface area contributed by atoms with Gasteiger partial charge in [-0.2, -0.15) is 0 Å². The number of carbonyl (C=O) groups is 2. The third-order valence-electron chi connectivity index (χ3n) is 4.03. The molecule has 2 aromatic rings. The van der Waals surface area contributed by atoms with Crippen LogP contribution in [0.5, 0.6) is 0 Å². The third kappa shape index (κ3) is 5.37. The van der Waals surface area contributed by atoms with E-state index in [1.807, 2.05) is 12.1 Å². The highest BCUT2D eigenvalue weighted by Crippen LogP contribution is 2.23. The van der Waals surface area contributed by atoms with E-state index in [4.69, 9.17) is 4.74 Å². The zero-order valence-corrected chi connectivity index (χ0v) is 15.7. The van der Waals surface area contributed by atoms with E-state index in [9.17, 15) is 19.7 Å². The first-order valence-electron chi connectivity index (χ1n) is 8.40. The average Bonchev–Trinajstić information content (AvgIpc) is 2.60. The molecule has 0 bridgehead atoms. The molecule has 7 nitrogen and oxygen atoms in total. The van der Waals surface area contributed by atoms with Gasteiger partial charge in [-0.05, 0) is 35.6 Å². The summed E-state index contributed by atoms with van der Waals surface area (Å²) in [6, 6.07) is 11.2. The predicted octanol–water partition coefficient (Wildman–Crippen LogP) is 4.00. The molecule has 0 saturated carbocycles. The quantitative estimate of drug-likeness (QED) is 0.487. The Kier molecular flexibility index (Phi) is 5.95. The number of ether oxygens (including phenoxy) is 1. The van der Waals surface area contributed by atoms with Gasteiger partial charge in [0.05, 0.1) is 16.2 Å². The minimum atomic E-state index is -0.610. The van der Waals surface area contributed by atoms with E-state index in [2.05, 4.69) is 26.1 Å². The molecule has 0 aliphatic carbocycles. The SMILES string of the molecule is Cc1ccc([N+](=O)[O-])cc1NC(=O)COC(=O)c1ccc(C(C)(C)C)cc1. The molecule has 7 heteroatoms. The number of hydrogen-bond donors (Lipinski definition) is 1. The molecule has 0 fully saturated rings. The molecule has 0 aliphatic rings. The van der Waals surface area contributed by atoms with Crippen molar-refractivity contribution in [2.24, 2.45) is 0 Å². The molecule has 1 amide bonds. The van der Waals surface area contributed by atoms with Crippen LogP contribution in [0, 0.1) is 17.0 Å². The van der Waals surface area contributed by atoms with Gasteiger partial charge in [0, 0.05) is 12.1 Å². The number of nitro groups is 1. The first kappa shape index (κ1) is 20.1. The first-order chi connectivity index (χ1) is 12.6. The number of esters is 1. The monoisotopic (exact) mass is 370 g/mol. The fraction of sp³-hybridized carbons (Fsp3) is 0.300. The van der Waals surface area contributed by atoms with Crippen LogP contribution in [0.4, 0.5) is 11.4 Å². The molecule has 0 heterocycles. The van der Waals surface area contributed by atoms with Gasteiger partial charge in [0.15, 0.2) is 6.61 Å². The summed E-state index contributed by atoms with van der Waals surface area (Å²) >= 11 is 0. The van der Waals surface area contributed by atoms with Crippen LogP contribution in [0.1, 0.15) is 42.3 Å². The summed E-state index contributed by atoms with van der Waals surface area (Å²) in [5.41, 5.74) is 2.24. The fourth-order valence-corrected chi connectivity index (χ4v) is 2.37. The van der Waals surface area contributed by atoms with Crippen molar-refractivity contribution >= 4 is 23.3 Å². The lowest BCUT2D eigenvalue weighted by atomic mass is 9.87. The highest BCUT2D eigenvalue weighted by Gasteiger charge is 2.16. The molecule has 0 aliphatic heterocycles. The summed E-state index contributed by atoms with van der Waals surface area (Å²) in [6.07, 6.45) is 0. The minimum absolute atomic E-state index is 0.0293. The summed E-state index contributed by atoms with van der Waals surface area (Å²) < 4.78 is 5.02. The average molecular weight is 370 g/mol. The Bertz CT molecular complexity index is 867. The Morgan fingerprint density at radius 1 is 1.11 bits per heavy atom. The number of aryl methyl sites for hydroxylation is 1. The molecule has 0 radical (unpaired) electrons. The summed E-state index contributed by atoms with van der Waals surface area (Å²) in [4.78, 5) is 34.4. The Balaban J connectivity index is 1.96. The van der Waals surface area contributed by atoms with E-state index in [0.29, 0.717) is 16.8 Å². The maximum atomic E-state index is 12.1. The summed E-state index contributed by atoms with van der Waals surface area (Å²) in [5, 5.41) is 13.4. The van der Waals surface area contributed by atoms with Crippen LogP contribution in [0.25, 0.3) is 0 Å². The van der Waals surface area contributed by atoms with E-state index >= 15 is 0 Å². The van der Waals surface area contributed by atoms with Crippen molar-refractivity contribution in [1.82, 2.24) is 0 Å². The van der Waals surface area contributed by atoms with E-state index in [1.54, 1.807) is 19.1 Å². The number of non-ortho nitro benzene ring substituents is 1. The summed E-state index contributed by atoms with van der Waals surface area (Å²) in [7, 11) is 0. The third-order valence-corrected chi connectivity index (χ3v) is 4.03. The molecule has 0 spiro atoms. The molecule has 142 valence electrons. The number of amides is 1. The molecule has 0 atom stereocenters. The van der Waals surface area contributed by atoms with Gasteiger partial charge in [-0.25, -0.2) is 4.79 Å². The van der Waals surface area contributed by atoms with Gasteiger partial charge >= 0.3 is 5.97 Å². The van der Waals surface area contributed by atoms with E-state index in [1.165, 1.54) is 18.2 Å². The number of benzene rings is 2. The van der Waals surface area contributed by atoms with Gasteiger partial charge in [-0.1, -0.05) is 39.0 Å². The minimum Gasteiger partial charge on any atom is -0.452 e. The predicted molar refractivity (Wildman–Crippen MR) is 102 cm³/mol. The second-order valence-corrected chi connectivity index (χ2v) is 7.21. The number of hydrogen-bond acceptors (Lipinski definition) is 5. The molecule has 0 aromatic heterocycles. The van der Waals surface area contributed by atoms with Crippen LogP contribution < -0.4 is 5.32 Å². The smallest absolute Gasteiger partial charge is 0.338 e. The van der Waals surface area contributed by atoms with Crippen molar-refractivity contribution in [3.05, 3.63) is 69.3 Å². The summed E-state index contributed by atoms with van der Waals surface area (Å²) in [6.45, 7) is 7.44. The Labute approximate surface area is 157 Å². The van der Waals surface area contributed by atoms with Crippen LogP contribution in [-0.4, -0.2) is 23.4 Å². The van der Waals surface area contributed by atoms with Gasteiger partial charge in [-0.15, -0.1) is 0 Å². The Morgan fingerprint density at radius 2 is 1.74 bits per heavy atom. The lowest BCUT2D eigenvalue weighted by molar-refractivity contribution is -0.384. The maximum Gasteiger partial charge on any atom is 0.338 e. The number of nitro benzene ring substituents is 1. The Morgan fingerprint density at radius 3 is 2.30 bits per heavy atom. The van der Waals surface area contributed by atoms with Gasteiger partial charge in [0.25, 0.3) is 11.6 Å². The Hall–Kier alpha value is -3.22. The topological polar surface area (TPSA) is 98.5 Å². The van der Waals surface area contributed by atoms with Crippen LogP contribution in [0.2, 0.25) is 0 Å². The van der Waals surface area contributed by atoms with E-state index in [-0.39, 0.29) is 11.1 Å². The van der Waals surface area contributed by atoms with Crippen LogP contribution in [0.3, 0.4) is 0 Å². The molecular weight excluding hydrogens is 348 g/mol. The molecule has 0 saturated heterocycles. The zero-order chi connectivity index (χ0) is 20.2. The first-order valence-corrected chi connectivity index (χ1v) is 8.40. The highest BCUT2D eigenvalue weighted by atomic mass is 16.6. The molecule has 0 unspecified atom stereocenters. The molecule has 2 aromatic carbocycles. The lowest BCUT2D eigenvalue weighted by Crippen LogP contribution is -2.21. The number of nitrogens with one attached hydrogen (secondary N) is 1. The normalized spacial score (nSPS) is 11.0. The van der Waals surface area contributed by atoms with E-state index in [0.717, 1.165) is 5.56 Å².